The first-order chi connectivity index (χ1) is 5.15. The number of hydrogen-bond acceptors (Lipinski definition) is 1. The Hall–Kier alpha value is -0.480. The highest BCUT2D eigenvalue weighted by Gasteiger charge is 2.06. The van der Waals surface area contributed by atoms with Crippen LogP contribution in [-0.2, 0) is 6.54 Å². The van der Waals surface area contributed by atoms with E-state index < -0.39 is 11.6 Å². The highest BCUT2D eigenvalue weighted by Crippen LogP contribution is 2.19. The molecule has 0 atom stereocenters. The number of benzene rings is 1. The van der Waals surface area contributed by atoms with Gasteiger partial charge in [-0.05, 0) is 33.6 Å². The summed E-state index contributed by atoms with van der Waals surface area (Å²) >= 11 is 2.87. The van der Waals surface area contributed by atoms with Crippen LogP contribution in [-0.4, -0.2) is 0 Å². The van der Waals surface area contributed by atoms with E-state index in [-0.39, 0.29) is 11.0 Å². The van der Waals surface area contributed by atoms with Crippen LogP contribution in [0.3, 0.4) is 0 Å². The third-order valence-corrected chi connectivity index (χ3v) is 1.86. The average Bonchev–Trinajstić information content (AvgIpc) is 1.99. The summed E-state index contributed by atoms with van der Waals surface area (Å²) in [4.78, 5) is 0. The molecule has 0 aliphatic carbocycles. The highest BCUT2D eigenvalue weighted by molar-refractivity contribution is 9.10. The molecule has 1 aromatic carbocycles. The van der Waals surface area contributed by atoms with Crippen molar-refractivity contribution in [2.75, 3.05) is 0 Å². The van der Waals surface area contributed by atoms with Crippen molar-refractivity contribution < 1.29 is 8.78 Å². The van der Waals surface area contributed by atoms with E-state index >= 15 is 0 Å². The maximum atomic E-state index is 12.6. The zero-order valence-corrected chi connectivity index (χ0v) is 7.16. The minimum Gasteiger partial charge on any atom is -0.326 e. The second kappa shape index (κ2) is 3.28. The van der Waals surface area contributed by atoms with Crippen LogP contribution in [0.15, 0.2) is 16.6 Å². The Morgan fingerprint density at radius 3 is 2.45 bits per heavy atom. The molecule has 1 aromatic rings. The first-order valence-electron chi connectivity index (χ1n) is 2.98. The van der Waals surface area contributed by atoms with Crippen LogP contribution in [0.5, 0.6) is 0 Å². The van der Waals surface area contributed by atoms with Crippen molar-refractivity contribution >= 4 is 15.9 Å². The van der Waals surface area contributed by atoms with E-state index in [9.17, 15) is 8.78 Å². The van der Waals surface area contributed by atoms with Gasteiger partial charge in [0.1, 0.15) is 0 Å². The summed E-state index contributed by atoms with van der Waals surface area (Å²) < 4.78 is 25.3. The van der Waals surface area contributed by atoms with Crippen LogP contribution in [0, 0.1) is 11.6 Å². The van der Waals surface area contributed by atoms with Crippen molar-refractivity contribution in [3.05, 3.63) is 33.8 Å². The van der Waals surface area contributed by atoms with E-state index in [1.807, 2.05) is 0 Å². The van der Waals surface area contributed by atoms with Crippen molar-refractivity contribution in [3.8, 4) is 0 Å². The molecular formula is C7H6BrF2N. The summed E-state index contributed by atoms with van der Waals surface area (Å²) in [6.07, 6.45) is 0. The Kier molecular flexibility index (Phi) is 2.57. The Morgan fingerprint density at radius 1 is 1.36 bits per heavy atom. The zero-order valence-electron chi connectivity index (χ0n) is 5.57. The van der Waals surface area contributed by atoms with Crippen LogP contribution in [0.25, 0.3) is 0 Å². The average molecular weight is 222 g/mol. The van der Waals surface area contributed by atoms with Crippen molar-refractivity contribution in [2.45, 2.75) is 6.54 Å². The van der Waals surface area contributed by atoms with Gasteiger partial charge in [0.05, 0.1) is 4.47 Å². The topological polar surface area (TPSA) is 26.0 Å². The van der Waals surface area contributed by atoms with E-state index in [1.165, 1.54) is 6.07 Å². The number of nitrogens with two attached hydrogens (primary N) is 1. The molecular weight excluding hydrogens is 216 g/mol. The fourth-order valence-corrected chi connectivity index (χ4v) is 1.21. The van der Waals surface area contributed by atoms with Crippen LogP contribution < -0.4 is 5.73 Å². The Labute approximate surface area is 71.3 Å². The fraction of sp³-hybridized carbons (Fsp3) is 0.143. The molecule has 0 saturated heterocycles. The molecule has 0 aliphatic heterocycles. The van der Waals surface area contributed by atoms with Gasteiger partial charge in [-0.1, -0.05) is 0 Å². The Morgan fingerprint density at radius 2 is 2.00 bits per heavy atom. The van der Waals surface area contributed by atoms with E-state index in [0.717, 1.165) is 6.07 Å². The Bertz CT molecular complexity index is 252. The number of hydrogen-bond donors (Lipinski definition) is 1. The van der Waals surface area contributed by atoms with E-state index in [4.69, 9.17) is 5.73 Å². The summed E-state index contributed by atoms with van der Waals surface area (Å²) in [6, 6.07) is 2.54. The molecule has 0 amide bonds. The summed E-state index contributed by atoms with van der Waals surface area (Å²) in [5.41, 5.74) is 5.79. The smallest absolute Gasteiger partial charge is 0.172 e. The molecule has 0 aromatic heterocycles. The van der Waals surface area contributed by atoms with E-state index in [2.05, 4.69) is 15.9 Å². The largest absolute Gasteiger partial charge is 0.326 e. The van der Waals surface area contributed by atoms with Gasteiger partial charge in [0.2, 0.25) is 0 Å². The van der Waals surface area contributed by atoms with Gasteiger partial charge < -0.3 is 5.73 Å². The number of halogens is 3. The summed E-state index contributed by atoms with van der Waals surface area (Å²) in [6.45, 7) is 0.204. The van der Waals surface area contributed by atoms with Gasteiger partial charge >= 0.3 is 0 Å². The van der Waals surface area contributed by atoms with E-state index in [0.29, 0.717) is 5.56 Å². The monoisotopic (exact) mass is 221 g/mol. The minimum absolute atomic E-state index is 0.109. The first-order valence-corrected chi connectivity index (χ1v) is 3.78. The van der Waals surface area contributed by atoms with Gasteiger partial charge in [0.25, 0.3) is 0 Å². The SMILES string of the molecule is NCc1cc(F)c(F)c(Br)c1. The molecule has 0 unspecified atom stereocenters. The quantitative estimate of drug-likeness (QED) is 0.724. The third-order valence-electron chi connectivity index (χ3n) is 1.28. The van der Waals surface area contributed by atoms with Crippen LogP contribution in [0.1, 0.15) is 5.56 Å². The minimum atomic E-state index is -0.875. The van der Waals surface area contributed by atoms with Crippen LogP contribution in [0.2, 0.25) is 0 Å². The molecule has 4 heteroatoms. The number of rotatable bonds is 1. The van der Waals surface area contributed by atoms with Crippen LogP contribution in [0.4, 0.5) is 8.78 Å². The normalized spacial score (nSPS) is 10.2. The van der Waals surface area contributed by atoms with Crippen molar-refractivity contribution in [3.63, 3.8) is 0 Å². The molecule has 11 heavy (non-hydrogen) atoms. The van der Waals surface area contributed by atoms with Gasteiger partial charge in [-0.25, -0.2) is 8.78 Å². The zero-order chi connectivity index (χ0) is 8.43. The summed E-state index contributed by atoms with van der Waals surface area (Å²) in [5.74, 6) is -1.75. The van der Waals surface area contributed by atoms with Crippen molar-refractivity contribution in [1.29, 1.82) is 0 Å². The second-order valence-corrected chi connectivity index (χ2v) is 2.93. The second-order valence-electron chi connectivity index (χ2n) is 2.08. The standard InChI is InChI=1S/C7H6BrF2N/c8-5-1-4(3-11)2-6(9)7(5)10/h1-2H,3,11H2. The summed E-state index contributed by atoms with van der Waals surface area (Å²) in [7, 11) is 0. The van der Waals surface area contributed by atoms with Crippen molar-refractivity contribution in [2.24, 2.45) is 5.73 Å². The molecule has 0 fully saturated rings. The van der Waals surface area contributed by atoms with Crippen LogP contribution >= 0.6 is 15.9 Å². The molecule has 1 rings (SSSR count). The van der Waals surface area contributed by atoms with Gasteiger partial charge in [-0.2, -0.15) is 0 Å². The molecule has 0 heterocycles. The van der Waals surface area contributed by atoms with E-state index in [1.54, 1.807) is 0 Å². The lowest BCUT2D eigenvalue weighted by Gasteiger charge is -1.99. The predicted octanol–water partition coefficient (Wildman–Crippen LogP) is 2.19. The molecule has 0 radical (unpaired) electrons. The Balaban J connectivity index is 3.21. The van der Waals surface area contributed by atoms with Gasteiger partial charge in [0, 0.05) is 6.54 Å². The lowest BCUT2D eigenvalue weighted by Crippen LogP contribution is -1.98. The maximum Gasteiger partial charge on any atom is 0.172 e. The molecule has 60 valence electrons. The first kappa shape index (κ1) is 8.62. The molecule has 0 bridgehead atoms. The van der Waals surface area contributed by atoms with Gasteiger partial charge in [-0.15, -0.1) is 0 Å². The molecule has 2 N–H and O–H groups in total. The van der Waals surface area contributed by atoms with Gasteiger partial charge in [0.15, 0.2) is 11.6 Å². The highest BCUT2D eigenvalue weighted by atomic mass is 79.9. The van der Waals surface area contributed by atoms with Crippen molar-refractivity contribution in [1.82, 2.24) is 0 Å². The molecule has 0 aliphatic rings. The lowest BCUT2D eigenvalue weighted by atomic mass is 10.2. The predicted molar refractivity (Wildman–Crippen MR) is 41.9 cm³/mol. The maximum absolute atomic E-state index is 12.6. The van der Waals surface area contributed by atoms with Gasteiger partial charge in [-0.3, -0.25) is 0 Å². The molecule has 0 saturated carbocycles. The third kappa shape index (κ3) is 1.75. The summed E-state index contributed by atoms with van der Waals surface area (Å²) in [5, 5.41) is 0. The molecule has 0 spiro atoms. The molecule has 1 nitrogen and oxygen atoms in total. The lowest BCUT2D eigenvalue weighted by molar-refractivity contribution is 0.502. The fourth-order valence-electron chi connectivity index (χ4n) is 0.726.